The zero-order chi connectivity index (χ0) is 20.4. The minimum Gasteiger partial charge on any atom is -0.299 e. The second-order valence-corrected chi connectivity index (χ2v) is 8.54. The molecule has 1 aromatic carbocycles. The largest absolute Gasteiger partial charge is 0.299 e. The minimum absolute atomic E-state index is 0.0894. The summed E-state index contributed by atoms with van der Waals surface area (Å²) in [6.45, 7) is 4.38. The summed E-state index contributed by atoms with van der Waals surface area (Å²) in [5, 5.41) is 6.01. The van der Waals surface area contributed by atoms with Gasteiger partial charge in [0.1, 0.15) is 16.0 Å². The smallest absolute Gasteiger partial charge is 0.264 e. The van der Waals surface area contributed by atoms with Crippen LogP contribution < -0.4 is 5.56 Å². The van der Waals surface area contributed by atoms with Crippen molar-refractivity contribution in [2.24, 2.45) is 0 Å². The summed E-state index contributed by atoms with van der Waals surface area (Å²) < 4.78 is 3.27. The molecule has 0 N–H and O–H groups in total. The molecule has 1 aliphatic rings. The summed E-state index contributed by atoms with van der Waals surface area (Å²) in [6.07, 6.45) is 5.19. The quantitative estimate of drug-likeness (QED) is 0.440. The topological polar surface area (TPSA) is 78.5 Å². The second kappa shape index (κ2) is 6.30. The van der Waals surface area contributed by atoms with E-state index in [0.29, 0.717) is 29.2 Å². The number of nitrogens with zero attached hydrogens (tertiary/aromatic N) is 6. The van der Waals surface area contributed by atoms with Crippen LogP contribution in [0.3, 0.4) is 0 Å². The molecule has 0 saturated heterocycles. The van der Waals surface area contributed by atoms with Gasteiger partial charge in [-0.1, -0.05) is 24.3 Å². The maximum Gasteiger partial charge on any atom is 0.264 e. The number of aryl methyl sites for hydroxylation is 4. The van der Waals surface area contributed by atoms with Gasteiger partial charge in [0.25, 0.3) is 5.56 Å². The Morgan fingerprint density at radius 2 is 2.03 bits per heavy atom. The molecule has 148 valence electrons. The molecule has 4 aromatic heterocycles. The zero-order valence-electron chi connectivity index (χ0n) is 16.6. The number of aromatic nitrogens is 6. The number of benzene rings is 1. The number of hydrogen-bond donors (Lipinski definition) is 0. The van der Waals surface area contributed by atoms with Crippen LogP contribution in [0.15, 0.2) is 41.6 Å². The second-order valence-electron chi connectivity index (χ2n) is 7.46. The average molecular weight is 414 g/mol. The van der Waals surface area contributed by atoms with Gasteiger partial charge in [0, 0.05) is 17.0 Å². The maximum absolute atomic E-state index is 12.7. The standard InChI is InChI=1S/C22H18N6OS/c1-3-27-11-23-19-15(22(27)29)10-24-28(19)20-18-17-14-7-5-4-6-13(14)8-9-16(17)30-21(18)26-12(2)25-20/h4-7,10-11H,3,8-9H2,1-2H3. The van der Waals surface area contributed by atoms with Crippen molar-refractivity contribution in [1.82, 2.24) is 29.3 Å². The Bertz CT molecular complexity index is 1530. The molecule has 0 atom stereocenters. The van der Waals surface area contributed by atoms with Gasteiger partial charge in [0.05, 0.1) is 17.9 Å². The molecule has 0 spiro atoms. The van der Waals surface area contributed by atoms with Gasteiger partial charge in [-0.2, -0.15) is 9.78 Å². The van der Waals surface area contributed by atoms with Gasteiger partial charge in [-0.15, -0.1) is 11.3 Å². The molecule has 4 heterocycles. The summed E-state index contributed by atoms with van der Waals surface area (Å²) in [5.74, 6) is 1.36. The van der Waals surface area contributed by atoms with Crippen LogP contribution in [0, 0.1) is 6.92 Å². The van der Waals surface area contributed by atoms with Gasteiger partial charge in [0.2, 0.25) is 0 Å². The van der Waals surface area contributed by atoms with Crippen molar-refractivity contribution in [1.29, 1.82) is 0 Å². The highest BCUT2D eigenvalue weighted by molar-refractivity contribution is 7.19. The van der Waals surface area contributed by atoms with Crippen LogP contribution in [0.4, 0.5) is 0 Å². The fourth-order valence-corrected chi connectivity index (χ4v) is 5.53. The Hall–Kier alpha value is -3.39. The lowest BCUT2D eigenvalue weighted by Gasteiger charge is -2.17. The first-order valence-corrected chi connectivity index (χ1v) is 10.8. The van der Waals surface area contributed by atoms with Crippen LogP contribution >= 0.6 is 11.3 Å². The third-order valence-corrected chi connectivity index (χ3v) is 6.86. The number of hydrogen-bond acceptors (Lipinski definition) is 6. The molecule has 6 rings (SSSR count). The Kier molecular flexibility index (Phi) is 3.67. The molecule has 0 amide bonds. The molecule has 1 aliphatic carbocycles. The van der Waals surface area contributed by atoms with Crippen molar-refractivity contribution in [2.45, 2.75) is 33.2 Å². The lowest BCUT2D eigenvalue weighted by molar-refractivity contribution is 0.715. The van der Waals surface area contributed by atoms with Crippen LogP contribution in [-0.2, 0) is 19.4 Å². The third kappa shape index (κ3) is 2.34. The molecule has 0 fully saturated rings. The lowest BCUT2D eigenvalue weighted by atomic mass is 9.89. The van der Waals surface area contributed by atoms with E-state index in [4.69, 9.17) is 9.97 Å². The van der Waals surface area contributed by atoms with Crippen molar-refractivity contribution in [3.8, 4) is 16.9 Å². The summed E-state index contributed by atoms with van der Waals surface area (Å²) in [5.41, 5.74) is 4.20. The molecule has 30 heavy (non-hydrogen) atoms. The molecule has 8 heteroatoms. The van der Waals surface area contributed by atoms with Gasteiger partial charge in [-0.05, 0) is 37.8 Å². The molecule has 0 radical (unpaired) electrons. The van der Waals surface area contributed by atoms with Gasteiger partial charge < -0.3 is 0 Å². The molecule has 5 aromatic rings. The first-order valence-electron chi connectivity index (χ1n) is 9.97. The fraction of sp³-hybridized carbons (Fsp3) is 0.227. The van der Waals surface area contributed by atoms with Crippen molar-refractivity contribution in [3.05, 3.63) is 63.4 Å². The van der Waals surface area contributed by atoms with Crippen molar-refractivity contribution < 1.29 is 0 Å². The monoisotopic (exact) mass is 414 g/mol. The van der Waals surface area contributed by atoms with Crippen molar-refractivity contribution in [3.63, 3.8) is 0 Å². The normalized spacial score (nSPS) is 13.0. The summed E-state index contributed by atoms with van der Waals surface area (Å²) in [6, 6.07) is 8.52. The van der Waals surface area contributed by atoms with E-state index in [-0.39, 0.29) is 5.56 Å². The van der Waals surface area contributed by atoms with E-state index in [0.717, 1.165) is 23.1 Å². The van der Waals surface area contributed by atoms with Gasteiger partial charge in [-0.25, -0.2) is 15.0 Å². The van der Waals surface area contributed by atoms with E-state index >= 15 is 0 Å². The Balaban J connectivity index is 1.72. The predicted molar refractivity (Wildman–Crippen MR) is 117 cm³/mol. The zero-order valence-corrected chi connectivity index (χ0v) is 17.4. The molecular formula is C22H18N6OS. The Morgan fingerprint density at radius 1 is 1.17 bits per heavy atom. The SMILES string of the molecule is CCn1cnc2c(cnn2-c2nc(C)nc3sc4c(c23)-c2ccccc2CC4)c1=O. The highest BCUT2D eigenvalue weighted by atomic mass is 32.1. The molecule has 0 saturated carbocycles. The van der Waals surface area contributed by atoms with E-state index in [1.807, 2.05) is 13.8 Å². The van der Waals surface area contributed by atoms with Gasteiger partial charge >= 0.3 is 0 Å². The van der Waals surface area contributed by atoms with Crippen LogP contribution in [0.5, 0.6) is 0 Å². The van der Waals surface area contributed by atoms with Crippen LogP contribution in [0.2, 0.25) is 0 Å². The Labute approximate surface area is 175 Å². The highest BCUT2D eigenvalue weighted by Crippen LogP contribution is 2.45. The third-order valence-electron chi connectivity index (χ3n) is 5.72. The number of fused-ring (bicyclic) bond motifs is 6. The van der Waals surface area contributed by atoms with Gasteiger partial charge in [0.15, 0.2) is 11.5 Å². The number of rotatable bonds is 2. The lowest BCUT2D eigenvalue weighted by Crippen LogP contribution is -2.19. The summed E-state index contributed by atoms with van der Waals surface area (Å²) in [4.78, 5) is 29.0. The van der Waals surface area contributed by atoms with Crippen LogP contribution in [-0.4, -0.2) is 29.3 Å². The Morgan fingerprint density at radius 3 is 2.90 bits per heavy atom. The van der Waals surface area contributed by atoms with E-state index in [1.54, 1.807) is 33.1 Å². The molecule has 7 nitrogen and oxygen atoms in total. The van der Waals surface area contributed by atoms with Crippen molar-refractivity contribution in [2.75, 3.05) is 0 Å². The van der Waals surface area contributed by atoms with Crippen LogP contribution in [0.1, 0.15) is 23.2 Å². The van der Waals surface area contributed by atoms with Gasteiger partial charge in [-0.3, -0.25) is 9.36 Å². The first-order chi connectivity index (χ1) is 14.7. The van der Waals surface area contributed by atoms with E-state index in [9.17, 15) is 4.79 Å². The number of thiophene rings is 1. The first kappa shape index (κ1) is 17.5. The highest BCUT2D eigenvalue weighted by Gasteiger charge is 2.26. The fourth-order valence-electron chi connectivity index (χ4n) is 4.31. The molecular weight excluding hydrogens is 396 g/mol. The molecule has 0 bridgehead atoms. The van der Waals surface area contributed by atoms with E-state index in [2.05, 4.69) is 34.3 Å². The maximum atomic E-state index is 12.7. The van der Waals surface area contributed by atoms with E-state index < -0.39 is 0 Å². The summed E-state index contributed by atoms with van der Waals surface area (Å²) >= 11 is 1.73. The molecule has 0 aliphatic heterocycles. The summed E-state index contributed by atoms with van der Waals surface area (Å²) in [7, 11) is 0. The molecule has 0 unspecified atom stereocenters. The van der Waals surface area contributed by atoms with Crippen LogP contribution in [0.25, 0.3) is 38.2 Å². The van der Waals surface area contributed by atoms with Crippen molar-refractivity contribution >= 4 is 32.6 Å². The predicted octanol–water partition coefficient (Wildman–Crippen LogP) is 3.68. The van der Waals surface area contributed by atoms with E-state index in [1.165, 1.54) is 21.6 Å². The minimum atomic E-state index is -0.0894. The average Bonchev–Trinajstić information content (AvgIpc) is 3.35.